The molecule has 0 radical (unpaired) electrons. The van der Waals surface area contributed by atoms with Gasteiger partial charge in [0.25, 0.3) is 5.89 Å². The molecule has 0 spiro atoms. The molecule has 0 bridgehead atoms. The van der Waals surface area contributed by atoms with E-state index in [0.29, 0.717) is 35.0 Å². The van der Waals surface area contributed by atoms with Crippen LogP contribution in [-0.2, 0) is 21.4 Å². The second-order valence-electron chi connectivity index (χ2n) is 7.38. The summed E-state index contributed by atoms with van der Waals surface area (Å²) in [6, 6.07) is 8.50. The Labute approximate surface area is 201 Å². The molecular weight excluding hydrogens is 486 g/mol. The van der Waals surface area contributed by atoms with Crippen molar-refractivity contribution in [3.8, 4) is 11.5 Å². The number of carbonyl (C=O) groups is 1. The van der Waals surface area contributed by atoms with Crippen LogP contribution in [0.3, 0.4) is 0 Å². The Morgan fingerprint density at radius 2 is 2.03 bits per heavy atom. The number of carbonyl (C=O) groups excluding carboxylic acids is 1. The first-order chi connectivity index (χ1) is 15.9. The van der Waals surface area contributed by atoms with E-state index < -0.39 is 16.1 Å². The van der Waals surface area contributed by atoms with E-state index in [1.54, 1.807) is 18.3 Å². The van der Waals surface area contributed by atoms with E-state index in [9.17, 15) is 13.2 Å². The quantitative estimate of drug-likeness (QED) is 0.483. The van der Waals surface area contributed by atoms with E-state index in [-0.39, 0.29) is 29.1 Å². The zero-order valence-corrected chi connectivity index (χ0v) is 20.2. The summed E-state index contributed by atoms with van der Waals surface area (Å²) in [7, 11) is -4.06. The van der Waals surface area contributed by atoms with Crippen molar-refractivity contribution in [3.63, 3.8) is 0 Å². The van der Waals surface area contributed by atoms with Crippen molar-refractivity contribution in [1.29, 1.82) is 0 Å². The van der Waals surface area contributed by atoms with Gasteiger partial charge in [-0.05, 0) is 61.9 Å². The largest absolute Gasteiger partial charge is 0.355 e. The van der Waals surface area contributed by atoms with E-state index in [2.05, 4.69) is 20.4 Å². The van der Waals surface area contributed by atoms with Gasteiger partial charge in [-0.15, -0.1) is 11.8 Å². The zero-order valence-electron chi connectivity index (χ0n) is 17.8. The van der Waals surface area contributed by atoms with Crippen molar-refractivity contribution in [3.05, 3.63) is 53.4 Å². The minimum atomic E-state index is -4.06. The van der Waals surface area contributed by atoms with Gasteiger partial charge in [0.15, 0.2) is 5.82 Å². The van der Waals surface area contributed by atoms with Gasteiger partial charge in [-0.3, -0.25) is 4.79 Å². The number of pyridine rings is 1. The summed E-state index contributed by atoms with van der Waals surface area (Å²) >= 11 is 7.37. The van der Waals surface area contributed by atoms with Crippen LogP contribution in [0, 0.1) is 0 Å². The van der Waals surface area contributed by atoms with Gasteiger partial charge >= 0.3 is 0 Å². The molecule has 1 atom stereocenters. The van der Waals surface area contributed by atoms with Gasteiger partial charge in [0.1, 0.15) is 11.1 Å². The summed E-state index contributed by atoms with van der Waals surface area (Å²) in [4.78, 5) is 21.5. The predicted octanol–water partition coefficient (Wildman–Crippen LogP) is 3.37. The molecule has 0 saturated carbocycles. The highest BCUT2D eigenvalue weighted by molar-refractivity contribution is 7.98. The molecule has 12 heteroatoms. The molecule has 4 rings (SSSR count). The van der Waals surface area contributed by atoms with Crippen molar-refractivity contribution in [1.82, 2.24) is 24.7 Å². The molecule has 1 unspecified atom stereocenters. The van der Waals surface area contributed by atoms with Gasteiger partial charge in [0.05, 0.1) is 17.0 Å². The van der Waals surface area contributed by atoms with Crippen LogP contribution >= 0.6 is 23.4 Å². The molecular formula is C21H22ClN5O4S2. The number of hydrogen-bond donors (Lipinski definition) is 1. The van der Waals surface area contributed by atoms with Crippen LogP contribution < -0.4 is 5.32 Å². The number of sulfonamides is 1. The van der Waals surface area contributed by atoms with Crippen LogP contribution in [0.5, 0.6) is 0 Å². The number of halogens is 1. The van der Waals surface area contributed by atoms with Gasteiger partial charge in [-0.25, -0.2) is 13.4 Å². The molecule has 9 nitrogen and oxygen atoms in total. The minimum absolute atomic E-state index is 0.0320. The first-order valence-electron chi connectivity index (χ1n) is 10.3. The molecule has 2 aromatic heterocycles. The van der Waals surface area contributed by atoms with Crippen molar-refractivity contribution < 1.29 is 17.7 Å². The van der Waals surface area contributed by atoms with Crippen LogP contribution in [0.1, 0.15) is 25.1 Å². The second-order valence-corrected chi connectivity index (χ2v) is 10.5. The first-order valence-corrected chi connectivity index (χ1v) is 13.3. The third-order valence-electron chi connectivity index (χ3n) is 5.23. The fraction of sp³-hybridized carbons (Fsp3) is 0.333. The summed E-state index contributed by atoms with van der Waals surface area (Å²) < 4.78 is 33.7. The van der Waals surface area contributed by atoms with Gasteiger partial charge in [0.2, 0.25) is 15.9 Å². The lowest BCUT2D eigenvalue weighted by molar-refractivity contribution is -0.124. The molecule has 1 aliphatic rings. The highest BCUT2D eigenvalue weighted by Gasteiger charge is 2.37. The van der Waals surface area contributed by atoms with Gasteiger partial charge in [0, 0.05) is 17.8 Å². The fourth-order valence-corrected chi connectivity index (χ4v) is 5.83. The van der Waals surface area contributed by atoms with Gasteiger partial charge in [-0.1, -0.05) is 16.8 Å². The van der Waals surface area contributed by atoms with E-state index >= 15 is 0 Å². The van der Waals surface area contributed by atoms with Crippen molar-refractivity contribution in [2.24, 2.45) is 0 Å². The molecule has 1 fully saturated rings. The molecule has 174 valence electrons. The Bertz CT molecular complexity index is 1230. The van der Waals surface area contributed by atoms with Crippen LogP contribution in [0.2, 0.25) is 5.02 Å². The summed E-state index contributed by atoms with van der Waals surface area (Å²) in [6.45, 7) is 0.288. The smallest absolute Gasteiger partial charge is 0.260 e. The Balaban J connectivity index is 1.71. The van der Waals surface area contributed by atoms with E-state index in [1.165, 1.54) is 36.0 Å². The lowest BCUT2D eigenvalue weighted by Crippen LogP contribution is -2.48. The lowest BCUT2D eigenvalue weighted by atomic mass is 10.1. The maximum Gasteiger partial charge on any atom is 0.260 e. The Hall–Kier alpha value is -2.47. The number of aromatic nitrogens is 3. The molecule has 1 aliphatic heterocycles. The summed E-state index contributed by atoms with van der Waals surface area (Å²) in [6.07, 6.45) is 5.43. The highest BCUT2D eigenvalue weighted by atomic mass is 35.5. The van der Waals surface area contributed by atoms with Gasteiger partial charge < -0.3 is 9.84 Å². The number of nitrogens with one attached hydrogen (secondary N) is 1. The number of benzene rings is 1. The maximum absolute atomic E-state index is 13.6. The Morgan fingerprint density at radius 3 is 2.79 bits per heavy atom. The van der Waals surface area contributed by atoms with Crippen LogP contribution in [0.25, 0.3) is 11.5 Å². The van der Waals surface area contributed by atoms with E-state index in [0.717, 1.165) is 10.7 Å². The van der Waals surface area contributed by atoms with E-state index in [1.807, 2.05) is 6.26 Å². The number of amides is 1. The summed E-state index contributed by atoms with van der Waals surface area (Å²) in [5.74, 6) is 0.0396. The molecule has 33 heavy (non-hydrogen) atoms. The van der Waals surface area contributed by atoms with Crippen LogP contribution in [0.4, 0.5) is 0 Å². The average Bonchev–Trinajstić information content (AvgIpc) is 3.18. The van der Waals surface area contributed by atoms with Crippen molar-refractivity contribution in [2.45, 2.75) is 41.8 Å². The SMILES string of the molecule is CSc1ncccc1-c1nc(CN(C2CCCCNC2=O)S(=O)(=O)c2ccc(Cl)cc2)no1. The molecule has 1 N–H and O–H groups in total. The monoisotopic (exact) mass is 507 g/mol. The predicted molar refractivity (Wildman–Crippen MR) is 124 cm³/mol. The molecule has 0 aliphatic carbocycles. The topological polar surface area (TPSA) is 118 Å². The number of nitrogens with zero attached hydrogens (tertiary/aromatic N) is 4. The van der Waals surface area contributed by atoms with E-state index in [4.69, 9.17) is 16.1 Å². The molecule has 1 amide bonds. The van der Waals surface area contributed by atoms with Crippen LogP contribution in [0.15, 0.2) is 57.0 Å². The molecule has 1 aromatic carbocycles. The summed E-state index contributed by atoms with van der Waals surface area (Å²) in [5, 5.41) is 7.91. The maximum atomic E-state index is 13.6. The number of thioether (sulfide) groups is 1. The first kappa shape index (κ1) is 23.7. The molecule has 1 saturated heterocycles. The standard InChI is InChI=1S/C21H22ClN5O4S2/c1-32-21-16(5-4-12-24-21)20-25-18(26-31-20)13-27(17-6-2-3-11-23-19(17)28)33(29,30)15-9-7-14(22)8-10-15/h4-5,7-10,12,17H,2-3,6,11,13H2,1H3,(H,23,28). The Kier molecular flexibility index (Phi) is 7.32. The zero-order chi connectivity index (χ0) is 23.4. The number of rotatable bonds is 7. The van der Waals surface area contributed by atoms with Gasteiger partial charge in [-0.2, -0.15) is 9.29 Å². The van der Waals surface area contributed by atoms with Crippen molar-refractivity contribution >= 4 is 39.3 Å². The summed E-state index contributed by atoms with van der Waals surface area (Å²) in [5.41, 5.74) is 0.656. The Morgan fingerprint density at radius 1 is 1.24 bits per heavy atom. The van der Waals surface area contributed by atoms with Crippen molar-refractivity contribution in [2.75, 3.05) is 12.8 Å². The fourth-order valence-electron chi connectivity index (χ4n) is 3.59. The third kappa shape index (κ3) is 5.21. The number of hydrogen-bond acceptors (Lipinski definition) is 8. The third-order valence-corrected chi connectivity index (χ3v) is 8.07. The molecule has 3 heterocycles. The second kappa shape index (κ2) is 10.2. The molecule has 3 aromatic rings. The van der Waals surface area contributed by atoms with Crippen LogP contribution in [-0.4, -0.2) is 52.6 Å². The minimum Gasteiger partial charge on any atom is -0.355 e. The lowest BCUT2D eigenvalue weighted by Gasteiger charge is -2.28. The highest BCUT2D eigenvalue weighted by Crippen LogP contribution is 2.29. The normalized spacial score (nSPS) is 17.1. The average molecular weight is 508 g/mol.